The van der Waals surface area contributed by atoms with Gasteiger partial charge in [0.2, 0.25) is 0 Å². The number of benzene rings is 2. The van der Waals surface area contributed by atoms with E-state index in [1.54, 1.807) is 18.2 Å². The fraction of sp³-hybridized carbons (Fsp3) is 0.333. The molecule has 3 nitrogen and oxygen atoms in total. The van der Waals surface area contributed by atoms with E-state index in [-0.39, 0.29) is 5.41 Å². The average Bonchev–Trinajstić information content (AvgIpc) is 2.47. The molecule has 0 atom stereocenters. The van der Waals surface area contributed by atoms with Crippen LogP contribution in [0.3, 0.4) is 0 Å². The van der Waals surface area contributed by atoms with E-state index in [1.165, 1.54) is 0 Å². The lowest BCUT2D eigenvalue weighted by Gasteiger charge is -2.23. The van der Waals surface area contributed by atoms with Crippen LogP contribution in [0.25, 0.3) is 0 Å². The molecule has 1 N–H and O–H groups in total. The predicted molar refractivity (Wildman–Crippen MR) is 92.1 cm³/mol. The van der Waals surface area contributed by atoms with Crippen molar-refractivity contribution >= 4 is 15.7 Å². The van der Waals surface area contributed by atoms with Gasteiger partial charge in [-0.1, -0.05) is 32.9 Å². The maximum absolute atomic E-state index is 12.8. The Morgan fingerprint density at radius 3 is 2.16 bits per heavy atom. The summed E-state index contributed by atoms with van der Waals surface area (Å²) in [6.07, 6.45) is -4.60. The largest absolute Gasteiger partial charge is 0.416 e. The topological polar surface area (TPSA) is 46.2 Å². The molecule has 0 saturated carbocycles. The van der Waals surface area contributed by atoms with Crippen molar-refractivity contribution in [2.45, 2.75) is 44.2 Å². The zero-order valence-electron chi connectivity index (χ0n) is 14.4. The number of anilines is 1. The van der Waals surface area contributed by atoms with Crippen LogP contribution in [-0.2, 0) is 21.6 Å². The molecule has 0 bridgehead atoms. The summed E-state index contributed by atoms with van der Waals surface area (Å²) in [4.78, 5) is -0.430. The molecular weight excluding hydrogens is 351 g/mol. The summed E-state index contributed by atoms with van der Waals surface area (Å²) in [5.41, 5.74) is 1.08. The minimum Gasteiger partial charge on any atom is -0.280 e. The van der Waals surface area contributed by atoms with Crippen LogP contribution in [0, 0.1) is 6.92 Å². The van der Waals surface area contributed by atoms with Gasteiger partial charge in [-0.25, -0.2) is 8.42 Å². The first-order valence-electron chi connectivity index (χ1n) is 7.62. The van der Waals surface area contributed by atoms with Gasteiger partial charge in [0.05, 0.1) is 10.5 Å². The van der Waals surface area contributed by atoms with Crippen molar-refractivity contribution < 1.29 is 21.6 Å². The summed E-state index contributed by atoms with van der Waals surface area (Å²) in [6.45, 7) is 7.92. The van der Waals surface area contributed by atoms with E-state index < -0.39 is 26.7 Å². The SMILES string of the molecule is Cc1ccc(NS(=O)(=O)c2cccc(C(F)(F)F)c2)cc1C(C)(C)C. The second kappa shape index (κ2) is 6.37. The quantitative estimate of drug-likeness (QED) is 0.815. The van der Waals surface area contributed by atoms with Gasteiger partial charge in [-0.3, -0.25) is 4.72 Å². The highest BCUT2D eigenvalue weighted by atomic mass is 32.2. The van der Waals surface area contributed by atoms with E-state index in [9.17, 15) is 21.6 Å². The first-order valence-corrected chi connectivity index (χ1v) is 9.10. The highest BCUT2D eigenvalue weighted by Crippen LogP contribution is 2.32. The van der Waals surface area contributed by atoms with Crippen LogP contribution in [0.5, 0.6) is 0 Å². The second-order valence-electron chi connectivity index (χ2n) is 6.91. The van der Waals surface area contributed by atoms with Gasteiger partial charge in [-0.15, -0.1) is 0 Å². The fourth-order valence-corrected chi connectivity index (χ4v) is 3.64. The molecule has 0 aliphatic carbocycles. The van der Waals surface area contributed by atoms with Gasteiger partial charge in [0.15, 0.2) is 0 Å². The lowest BCUT2D eigenvalue weighted by atomic mass is 9.84. The molecule has 0 saturated heterocycles. The molecule has 0 aliphatic rings. The van der Waals surface area contributed by atoms with Gasteiger partial charge >= 0.3 is 6.18 Å². The summed E-state index contributed by atoms with van der Waals surface area (Å²) in [6, 6.07) is 8.76. The average molecular weight is 371 g/mol. The Balaban J connectivity index is 2.40. The van der Waals surface area contributed by atoms with E-state index in [2.05, 4.69) is 4.72 Å². The molecular formula is C18H20F3NO2S. The third-order valence-electron chi connectivity index (χ3n) is 3.77. The van der Waals surface area contributed by atoms with Gasteiger partial charge < -0.3 is 0 Å². The Morgan fingerprint density at radius 1 is 0.960 bits per heavy atom. The zero-order valence-corrected chi connectivity index (χ0v) is 15.2. The van der Waals surface area contributed by atoms with Crippen LogP contribution >= 0.6 is 0 Å². The van der Waals surface area contributed by atoms with Gasteiger partial charge in [0.25, 0.3) is 10.0 Å². The molecule has 2 aromatic rings. The van der Waals surface area contributed by atoms with Crippen molar-refractivity contribution in [3.63, 3.8) is 0 Å². The molecule has 0 unspecified atom stereocenters. The van der Waals surface area contributed by atoms with E-state index >= 15 is 0 Å². The van der Waals surface area contributed by atoms with E-state index in [0.717, 1.165) is 29.3 Å². The van der Waals surface area contributed by atoms with Gasteiger partial charge in [-0.2, -0.15) is 13.2 Å². The molecule has 136 valence electrons. The number of alkyl halides is 3. The van der Waals surface area contributed by atoms with Crippen molar-refractivity contribution in [3.05, 3.63) is 59.2 Å². The maximum Gasteiger partial charge on any atom is 0.416 e. The monoisotopic (exact) mass is 371 g/mol. The van der Waals surface area contributed by atoms with Crippen molar-refractivity contribution in [1.29, 1.82) is 0 Å². The number of hydrogen-bond donors (Lipinski definition) is 1. The molecule has 0 radical (unpaired) electrons. The van der Waals surface area contributed by atoms with E-state index in [1.807, 2.05) is 27.7 Å². The van der Waals surface area contributed by atoms with E-state index in [4.69, 9.17) is 0 Å². The lowest BCUT2D eigenvalue weighted by Crippen LogP contribution is -2.17. The molecule has 0 amide bonds. The number of nitrogens with one attached hydrogen (secondary N) is 1. The zero-order chi connectivity index (χ0) is 19.0. The number of rotatable bonds is 3. The molecule has 0 heterocycles. The predicted octanol–water partition coefficient (Wildman–Crippen LogP) is 5.11. The third kappa shape index (κ3) is 4.54. The molecule has 0 fully saturated rings. The van der Waals surface area contributed by atoms with Crippen molar-refractivity contribution in [3.8, 4) is 0 Å². The van der Waals surface area contributed by atoms with Crippen molar-refractivity contribution in [1.82, 2.24) is 0 Å². The molecule has 7 heteroatoms. The molecule has 25 heavy (non-hydrogen) atoms. The van der Waals surface area contributed by atoms with Crippen molar-refractivity contribution in [2.24, 2.45) is 0 Å². The Hall–Kier alpha value is -2.02. The summed E-state index contributed by atoms with van der Waals surface area (Å²) in [7, 11) is -4.12. The number of sulfonamides is 1. The number of halogens is 3. The van der Waals surface area contributed by atoms with Gasteiger partial charge in [-0.05, 0) is 53.8 Å². The first-order chi connectivity index (χ1) is 11.3. The minimum atomic E-state index is -4.60. The van der Waals surface area contributed by atoms with E-state index in [0.29, 0.717) is 11.8 Å². The van der Waals surface area contributed by atoms with Crippen LogP contribution in [0.1, 0.15) is 37.5 Å². The normalized spacial score (nSPS) is 12.9. The van der Waals surface area contributed by atoms with Gasteiger partial charge in [0.1, 0.15) is 0 Å². The van der Waals surface area contributed by atoms with Crippen LogP contribution in [0.15, 0.2) is 47.4 Å². The summed E-state index contributed by atoms with van der Waals surface area (Å²) in [5.74, 6) is 0. The molecule has 2 rings (SSSR count). The summed E-state index contributed by atoms with van der Waals surface area (Å²) in [5, 5.41) is 0. The molecule has 0 aliphatic heterocycles. The second-order valence-corrected chi connectivity index (χ2v) is 8.59. The Morgan fingerprint density at radius 2 is 1.60 bits per heavy atom. The number of aryl methyl sites for hydroxylation is 1. The first kappa shape index (κ1) is 19.3. The Bertz CT molecular complexity index is 882. The summed E-state index contributed by atoms with van der Waals surface area (Å²) < 4.78 is 65.6. The highest BCUT2D eigenvalue weighted by Gasteiger charge is 2.31. The van der Waals surface area contributed by atoms with Gasteiger partial charge in [0, 0.05) is 5.69 Å². The maximum atomic E-state index is 12.8. The standard InChI is InChI=1S/C18H20F3NO2S/c1-12-8-9-14(11-16(12)17(2,3)4)22-25(23,24)15-7-5-6-13(10-15)18(19,20)21/h5-11,22H,1-4H3. The third-order valence-corrected chi connectivity index (χ3v) is 5.15. The molecule has 0 aromatic heterocycles. The van der Waals surface area contributed by atoms with Crippen LogP contribution in [0.4, 0.5) is 18.9 Å². The fourth-order valence-electron chi connectivity index (χ4n) is 2.55. The molecule has 0 spiro atoms. The van der Waals surface area contributed by atoms with Crippen molar-refractivity contribution in [2.75, 3.05) is 4.72 Å². The smallest absolute Gasteiger partial charge is 0.280 e. The summed E-state index contributed by atoms with van der Waals surface area (Å²) >= 11 is 0. The molecule has 2 aromatic carbocycles. The minimum absolute atomic E-state index is 0.193. The van der Waals surface area contributed by atoms with Crippen LogP contribution in [0.2, 0.25) is 0 Å². The Labute approximate surface area is 145 Å². The number of hydrogen-bond acceptors (Lipinski definition) is 2. The lowest BCUT2D eigenvalue weighted by molar-refractivity contribution is -0.137. The van der Waals surface area contributed by atoms with Crippen LogP contribution < -0.4 is 4.72 Å². The van der Waals surface area contributed by atoms with Crippen LogP contribution in [-0.4, -0.2) is 8.42 Å². The Kier molecular flexibility index (Phi) is 4.92. The highest BCUT2D eigenvalue weighted by molar-refractivity contribution is 7.92.